The van der Waals surface area contributed by atoms with Crippen molar-refractivity contribution in [3.8, 4) is 5.75 Å². The molecule has 1 aromatic carbocycles. The molecule has 0 aliphatic carbocycles. The van der Waals surface area contributed by atoms with Gasteiger partial charge in [-0.3, -0.25) is 4.79 Å². The Kier molecular flexibility index (Phi) is 4.28. The molecule has 2 rings (SSSR count). The zero-order valence-electron chi connectivity index (χ0n) is 10.2. The third-order valence-electron chi connectivity index (χ3n) is 2.32. The lowest BCUT2D eigenvalue weighted by atomic mass is 10.3. The van der Waals surface area contributed by atoms with Crippen molar-refractivity contribution in [1.29, 1.82) is 0 Å². The maximum absolute atomic E-state index is 11.6. The number of amides is 1. The van der Waals surface area contributed by atoms with Crippen LogP contribution in [0.2, 0.25) is 0 Å². The Morgan fingerprint density at radius 3 is 2.95 bits per heavy atom. The zero-order chi connectivity index (χ0) is 13.5. The first-order chi connectivity index (χ1) is 9.24. The fraction of sp³-hybridized carbons (Fsp3) is 0.154. The summed E-state index contributed by atoms with van der Waals surface area (Å²) in [6, 6.07) is 10.5. The van der Waals surface area contributed by atoms with E-state index < -0.39 is 0 Å². The second-order valence-corrected chi connectivity index (χ2v) is 3.85. The molecule has 0 atom stereocenters. The summed E-state index contributed by atoms with van der Waals surface area (Å²) in [5, 5.41) is 10.3. The highest BCUT2D eigenvalue weighted by Gasteiger charge is 2.03. The fourth-order valence-corrected chi connectivity index (χ4v) is 1.42. The highest BCUT2D eigenvalue weighted by atomic mass is 16.5. The second kappa shape index (κ2) is 6.34. The monoisotopic (exact) mass is 258 g/mol. The van der Waals surface area contributed by atoms with Gasteiger partial charge in [0.05, 0.1) is 12.2 Å². The maximum Gasteiger partial charge on any atom is 0.258 e. The molecule has 1 amide bonds. The van der Waals surface area contributed by atoms with Gasteiger partial charge in [-0.2, -0.15) is 10.2 Å². The highest BCUT2D eigenvalue weighted by molar-refractivity contribution is 5.77. The second-order valence-electron chi connectivity index (χ2n) is 3.85. The van der Waals surface area contributed by atoms with E-state index in [0.717, 1.165) is 0 Å². The maximum atomic E-state index is 11.6. The van der Waals surface area contributed by atoms with Crippen LogP contribution in [0.25, 0.3) is 0 Å². The van der Waals surface area contributed by atoms with Gasteiger partial charge in [0, 0.05) is 18.0 Å². The highest BCUT2D eigenvalue weighted by Crippen LogP contribution is 2.13. The molecule has 0 spiro atoms. The molecule has 3 N–H and O–H groups in total. The Labute approximate surface area is 110 Å². The summed E-state index contributed by atoms with van der Waals surface area (Å²) in [6.07, 6.45) is 1.58. The molecule has 0 unspecified atom stereocenters. The number of nitrogens with zero attached hydrogens (tertiary/aromatic N) is 2. The van der Waals surface area contributed by atoms with Crippen LogP contribution in [0.5, 0.6) is 5.75 Å². The Balaban J connectivity index is 1.76. The molecule has 0 bridgehead atoms. The van der Waals surface area contributed by atoms with Crippen LogP contribution in [0, 0.1) is 0 Å². The fourth-order valence-electron chi connectivity index (χ4n) is 1.42. The van der Waals surface area contributed by atoms with Crippen molar-refractivity contribution < 1.29 is 9.53 Å². The standard InChI is InChI=1S/C13H14N4O2/c14-10-3-1-5-12(7-10)19-9-13(18)15-8-11-4-2-6-16-17-11/h1-7H,8-9,14H2,(H,15,18). The van der Waals surface area contributed by atoms with Crippen molar-refractivity contribution in [1.82, 2.24) is 15.5 Å². The Morgan fingerprint density at radius 1 is 1.32 bits per heavy atom. The van der Waals surface area contributed by atoms with Crippen LogP contribution in [-0.2, 0) is 11.3 Å². The van der Waals surface area contributed by atoms with Crippen LogP contribution < -0.4 is 15.8 Å². The first kappa shape index (κ1) is 12.8. The van der Waals surface area contributed by atoms with Crippen molar-refractivity contribution in [3.05, 3.63) is 48.3 Å². The van der Waals surface area contributed by atoms with Crippen LogP contribution >= 0.6 is 0 Å². The molecule has 6 nitrogen and oxygen atoms in total. The van der Waals surface area contributed by atoms with E-state index in [1.165, 1.54) is 0 Å². The molecule has 6 heteroatoms. The molecule has 0 aliphatic heterocycles. The third-order valence-corrected chi connectivity index (χ3v) is 2.32. The first-order valence-electron chi connectivity index (χ1n) is 5.75. The average Bonchev–Trinajstić information content (AvgIpc) is 2.44. The van der Waals surface area contributed by atoms with E-state index in [0.29, 0.717) is 23.7 Å². The van der Waals surface area contributed by atoms with E-state index in [1.54, 1.807) is 42.6 Å². The van der Waals surface area contributed by atoms with Crippen molar-refractivity contribution in [3.63, 3.8) is 0 Å². The molecule has 98 valence electrons. The van der Waals surface area contributed by atoms with Gasteiger partial charge in [0.1, 0.15) is 5.75 Å². The topological polar surface area (TPSA) is 90.1 Å². The number of carbonyl (C=O) groups is 1. The number of nitrogen functional groups attached to an aromatic ring is 1. The van der Waals surface area contributed by atoms with Crippen molar-refractivity contribution in [2.45, 2.75) is 6.54 Å². The van der Waals surface area contributed by atoms with Gasteiger partial charge in [0.25, 0.3) is 5.91 Å². The summed E-state index contributed by atoms with van der Waals surface area (Å²) >= 11 is 0. The van der Waals surface area contributed by atoms with Gasteiger partial charge in [0.15, 0.2) is 6.61 Å². The Bertz CT molecular complexity index is 545. The van der Waals surface area contributed by atoms with Gasteiger partial charge in [-0.05, 0) is 24.3 Å². The number of rotatable bonds is 5. The largest absolute Gasteiger partial charge is 0.484 e. The molecule has 0 fully saturated rings. The molecule has 0 radical (unpaired) electrons. The van der Waals surface area contributed by atoms with Gasteiger partial charge < -0.3 is 15.8 Å². The first-order valence-corrected chi connectivity index (χ1v) is 5.75. The van der Waals surface area contributed by atoms with E-state index in [1.807, 2.05) is 0 Å². The number of aromatic nitrogens is 2. The van der Waals surface area contributed by atoms with Crippen LogP contribution in [0.3, 0.4) is 0 Å². The van der Waals surface area contributed by atoms with E-state index in [2.05, 4.69) is 15.5 Å². The molecule has 2 aromatic rings. The number of ether oxygens (including phenoxy) is 1. The minimum absolute atomic E-state index is 0.0658. The van der Waals surface area contributed by atoms with E-state index in [-0.39, 0.29) is 12.5 Å². The Morgan fingerprint density at radius 2 is 2.21 bits per heavy atom. The third kappa shape index (κ3) is 4.27. The van der Waals surface area contributed by atoms with E-state index in [9.17, 15) is 4.79 Å². The van der Waals surface area contributed by atoms with Gasteiger partial charge in [-0.1, -0.05) is 6.07 Å². The van der Waals surface area contributed by atoms with E-state index in [4.69, 9.17) is 10.5 Å². The minimum Gasteiger partial charge on any atom is -0.484 e. The van der Waals surface area contributed by atoms with Gasteiger partial charge in [-0.15, -0.1) is 0 Å². The van der Waals surface area contributed by atoms with Crippen LogP contribution in [-0.4, -0.2) is 22.7 Å². The summed E-state index contributed by atoms with van der Waals surface area (Å²) < 4.78 is 5.31. The lowest BCUT2D eigenvalue weighted by molar-refractivity contribution is -0.123. The average molecular weight is 258 g/mol. The molecular weight excluding hydrogens is 244 g/mol. The molecule has 1 heterocycles. The summed E-state index contributed by atoms with van der Waals surface area (Å²) in [6.45, 7) is 0.261. The van der Waals surface area contributed by atoms with Crippen molar-refractivity contribution in [2.24, 2.45) is 0 Å². The molecule has 19 heavy (non-hydrogen) atoms. The normalized spacial score (nSPS) is 9.89. The number of benzene rings is 1. The van der Waals surface area contributed by atoms with Gasteiger partial charge in [-0.25, -0.2) is 0 Å². The van der Waals surface area contributed by atoms with Crippen LogP contribution in [0.1, 0.15) is 5.69 Å². The smallest absolute Gasteiger partial charge is 0.258 e. The Hall–Kier alpha value is -2.63. The number of carbonyl (C=O) groups excluding carboxylic acids is 1. The van der Waals surface area contributed by atoms with Crippen LogP contribution in [0.15, 0.2) is 42.6 Å². The lowest BCUT2D eigenvalue weighted by Gasteiger charge is -2.07. The molecular formula is C13H14N4O2. The zero-order valence-corrected chi connectivity index (χ0v) is 10.2. The molecule has 1 aromatic heterocycles. The van der Waals surface area contributed by atoms with Gasteiger partial charge >= 0.3 is 0 Å². The lowest BCUT2D eigenvalue weighted by Crippen LogP contribution is -2.28. The molecule has 0 aliphatic rings. The predicted octanol–water partition coefficient (Wildman–Crippen LogP) is 0.754. The summed E-state index contributed by atoms with van der Waals surface area (Å²) in [5.41, 5.74) is 6.89. The van der Waals surface area contributed by atoms with E-state index >= 15 is 0 Å². The van der Waals surface area contributed by atoms with Crippen LogP contribution in [0.4, 0.5) is 5.69 Å². The van der Waals surface area contributed by atoms with Crippen molar-refractivity contribution in [2.75, 3.05) is 12.3 Å². The number of hydrogen-bond acceptors (Lipinski definition) is 5. The number of hydrogen-bond donors (Lipinski definition) is 2. The number of nitrogens with two attached hydrogens (primary N) is 1. The molecule has 0 saturated heterocycles. The minimum atomic E-state index is -0.229. The SMILES string of the molecule is Nc1cccc(OCC(=O)NCc2cccnn2)c1. The van der Waals surface area contributed by atoms with Crippen molar-refractivity contribution >= 4 is 11.6 Å². The molecule has 0 saturated carbocycles. The summed E-state index contributed by atoms with van der Waals surface area (Å²) in [7, 11) is 0. The summed E-state index contributed by atoms with van der Waals surface area (Å²) in [5.74, 6) is 0.336. The quantitative estimate of drug-likeness (QED) is 0.772. The number of nitrogens with one attached hydrogen (secondary N) is 1. The number of anilines is 1. The van der Waals surface area contributed by atoms with Gasteiger partial charge in [0.2, 0.25) is 0 Å². The summed E-state index contributed by atoms with van der Waals surface area (Å²) in [4.78, 5) is 11.6. The predicted molar refractivity (Wildman–Crippen MR) is 70.2 cm³/mol.